The van der Waals surface area contributed by atoms with E-state index in [1.807, 2.05) is 55.5 Å². The second kappa shape index (κ2) is 6.16. The number of carbonyl (C=O) groups is 1. The van der Waals surface area contributed by atoms with Crippen LogP contribution in [0.2, 0.25) is 0 Å². The maximum Gasteiger partial charge on any atom is 0.177 e. The summed E-state index contributed by atoms with van der Waals surface area (Å²) in [5, 5.41) is 9.33. The Kier molecular flexibility index (Phi) is 4.07. The Morgan fingerprint density at radius 3 is 2.55 bits per heavy atom. The molecule has 0 radical (unpaired) electrons. The molecular weight excluding hydrogens is 292 g/mol. The number of aryl methyl sites for hydroxylation is 1. The average molecular weight is 308 g/mol. The summed E-state index contributed by atoms with van der Waals surface area (Å²) in [6, 6.07) is 18.9. The first-order chi connectivity index (χ1) is 10.6. The Hall–Kier alpha value is -2.39. The van der Waals surface area contributed by atoms with Crippen molar-refractivity contribution in [1.29, 1.82) is 0 Å². The molecule has 0 saturated heterocycles. The van der Waals surface area contributed by atoms with Gasteiger partial charge in [0.1, 0.15) is 5.75 Å². The molecule has 0 unspecified atom stereocenters. The number of aromatic hydroxyl groups is 1. The number of thiophene rings is 1. The van der Waals surface area contributed by atoms with Gasteiger partial charge in [0.05, 0.1) is 4.88 Å². The van der Waals surface area contributed by atoms with Gasteiger partial charge in [0, 0.05) is 11.3 Å². The molecule has 2 aromatic carbocycles. The molecule has 0 aliphatic carbocycles. The number of ketones is 1. The van der Waals surface area contributed by atoms with Crippen molar-refractivity contribution in [3.8, 4) is 16.2 Å². The highest BCUT2D eigenvalue weighted by Gasteiger charge is 2.11. The third kappa shape index (κ3) is 3.26. The number of phenols is 1. The van der Waals surface area contributed by atoms with E-state index < -0.39 is 0 Å². The van der Waals surface area contributed by atoms with Gasteiger partial charge in [0.15, 0.2) is 5.78 Å². The maximum atomic E-state index is 12.4. The van der Waals surface area contributed by atoms with Crippen LogP contribution in [0.3, 0.4) is 0 Å². The van der Waals surface area contributed by atoms with E-state index in [2.05, 4.69) is 0 Å². The largest absolute Gasteiger partial charge is 0.508 e. The SMILES string of the molecule is Cc1cccc(CC(=O)c2ccc(-c3ccc(O)cc3)s2)c1. The van der Waals surface area contributed by atoms with Gasteiger partial charge in [0.2, 0.25) is 0 Å². The molecule has 1 heterocycles. The Morgan fingerprint density at radius 1 is 1.05 bits per heavy atom. The molecule has 0 saturated carbocycles. The predicted octanol–water partition coefficient (Wildman–Crippen LogP) is 4.85. The lowest BCUT2D eigenvalue weighted by Gasteiger charge is -2.01. The van der Waals surface area contributed by atoms with Crippen LogP contribution in [0.15, 0.2) is 60.7 Å². The zero-order valence-corrected chi connectivity index (χ0v) is 13.1. The molecule has 0 atom stereocenters. The lowest BCUT2D eigenvalue weighted by Crippen LogP contribution is -2.01. The van der Waals surface area contributed by atoms with Crippen molar-refractivity contribution in [3.63, 3.8) is 0 Å². The summed E-state index contributed by atoms with van der Waals surface area (Å²) in [6.07, 6.45) is 0.428. The number of benzene rings is 2. The first-order valence-electron chi connectivity index (χ1n) is 7.10. The summed E-state index contributed by atoms with van der Waals surface area (Å²) >= 11 is 1.49. The van der Waals surface area contributed by atoms with Crippen molar-refractivity contribution in [2.45, 2.75) is 13.3 Å². The molecule has 0 fully saturated rings. The van der Waals surface area contributed by atoms with E-state index in [0.29, 0.717) is 6.42 Å². The van der Waals surface area contributed by atoms with Gasteiger partial charge >= 0.3 is 0 Å². The number of hydrogen-bond donors (Lipinski definition) is 1. The monoisotopic (exact) mass is 308 g/mol. The lowest BCUT2D eigenvalue weighted by molar-refractivity contribution is 0.0997. The van der Waals surface area contributed by atoms with Crippen molar-refractivity contribution in [3.05, 3.63) is 76.7 Å². The first kappa shape index (κ1) is 14.5. The van der Waals surface area contributed by atoms with Gasteiger partial charge in [-0.2, -0.15) is 0 Å². The van der Waals surface area contributed by atoms with Gasteiger partial charge in [0.25, 0.3) is 0 Å². The Bertz CT molecular complexity index is 800. The molecule has 0 aliphatic heterocycles. The fourth-order valence-corrected chi connectivity index (χ4v) is 3.31. The molecule has 1 N–H and O–H groups in total. The fraction of sp³-hybridized carbons (Fsp3) is 0.105. The van der Waals surface area contributed by atoms with Crippen LogP contribution < -0.4 is 0 Å². The fourth-order valence-electron chi connectivity index (χ4n) is 2.36. The normalized spacial score (nSPS) is 10.6. The summed E-state index contributed by atoms with van der Waals surface area (Å²) in [7, 11) is 0. The van der Waals surface area contributed by atoms with Gasteiger partial charge in [-0.25, -0.2) is 0 Å². The van der Waals surface area contributed by atoms with Crippen LogP contribution in [0.1, 0.15) is 20.8 Å². The molecular formula is C19H16O2S. The van der Waals surface area contributed by atoms with Crippen molar-refractivity contribution >= 4 is 17.1 Å². The minimum absolute atomic E-state index is 0.139. The summed E-state index contributed by atoms with van der Waals surface area (Å²) in [4.78, 5) is 14.2. The summed E-state index contributed by atoms with van der Waals surface area (Å²) in [5.74, 6) is 0.386. The van der Waals surface area contributed by atoms with Crippen molar-refractivity contribution in [2.24, 2.45) is 0 Å². The number of Topliss-reactive ketones (excluding diaryl/α,β-unsaturated/α-hetero) is 1. The molecule has 0 bridgehead atoms. The van der Waals surface area contributed by atoms with Gasteiger partial charge in [-0.3, -0.25) is 4.79 Å². The molecule has 110 valence electrons. The molecule has 3 rings (SSSR count). The summed E-state index contributed by atoms with van der Waals surface area (Å²) in [5.41, 5.74) is 3.23. The highest BCUT2D eigenvalue weighted by molar-refractivity contribution is 7.17. The average Bonchev–Trinajstić information content (AvgIpc) is 2.98. The highest BCUT2D eigenvalue weighted by Crippen LogP contribution is 2.30. The molecule has 3 aromatic rings. The van der Waals surface area contributed by atoms with Crippen LogP contribution >= 0.6 is 11.3 Å². The van der Waals surface area contributed by atoms with Crippen LogP contribution in [0, 0.1) is 6.92 Å². The van der Waals surface area contributed by atoms with Crippen LogP contribution in [0.4, 0.5) is 0 Å². The minimum Gasteiger partial charge on any atom is -0.508 e. The van der Waals surface area contributed by atoms with E-state index >= 15 is 0 Å². The predicted molar refractivity (Wildman–Crippen MR) is 90.6 cm³/mol. The molecule has 0 aliphatic rings. The second-order valence-electron chi connectivity index (χ2n) is 5.30. The lowest BCUT2D eigenvalue weighted by atomic mass is 10.1. The standard InChI is InChI=1S/C19H16O2S/c1-13-3-2-4-14(11-13)12-17(21)19-10-9-18(22-19)15-5-7-16(20)8-6-15/h2-11,20H,12H2,1H3. The number of hydrogen-bond acceptors (Lipinski definition) is 3. The number of rotatable bonds is 4. The van der Waals surface area contributed by atoms with Crippen molar-refractivity contribution in [1.82, 2.24) is 0 Å². The third-order valence-electron chi connectivity index (χ3n) is 3.48. The third-order valence-corrected chi connectivity index (χ3v) is 4.66. The molecule has 0 amide bonds. The van der Waals surface area contributed by atoms with E-state index in [1.54, 1.807) is 12.1 Å². The zero-order chi connectivity index (χ0) is 15.5. The topological polar surface area (TPSA) is 37.3 Å². The Balaban J connectivity index is 1.78. The van der Waals surface area contributed by atoms with Gasteiger partial charge < -0.3 is 5.11 Å². The first-order valence-corrected chi connectivity index (χ1v) is 7.91. The van der Waals surface area contributed by atoms with E-state index in [0.717, 1.165) is 20.9 Å². The van der Waals surface area contributed by atoms with E-state index in [4.69, 9.17) is 0 Å². The van der Waals surface area contributed by atoms with Gasteiger partial charge in [-0.1, -0.05) is 29.8 Å². The van der Waals surface area contributed by atoms with Gasteiger partial charge in [-0.15, -0.1) is 11.3 Å². The smallest absolute Gasteiger partial charge is 0.177 e. The zero-order valence-electron chi connectivity index (χ0n) is 12.2. The van der Waals surface area contributed by atoms with E-state index in [-0.39, 0.29) is 11.5 Å². The summed E-state index contributed by atoms with van der Waals surface area (Å²) in [6.45, 7) is 2.03. The quantitative estimate of drug-likeness (QED) is 0.699. The molecule has 3 heteroatoms. The minimum atomic E-state index is 0.139. The van der Waals surface area contributed by atoms with Crippen molar-refractivity contribution < 1.29 is 9.90 Å². The Morgan fingerprint density at radius 2 is 1.82 bits per heavy atom. The van der Waals surface area contributed by atoms with E-state index in [1.165, 1.54) is 16.9 Å². The Labute approximate surface area is 133 Å². The van der Waals surface area contributed by atoms with Crippen LogP contribution in [-0.2, 0) is 6.42 Å². The van der Waals surface area contributed by atoms with Crippen LogP contribution in [0.25, 0.3) is 10.4 Å². The summed E-state index contributed by atoms with van der Waals surface area (Å²) < 4.78 is 0. The number of carbonyl (C=O) groups excluding carboxylic acids is 1. The van der Waals surface area contributed by atoms with Crippen LogP contribution in [-0.4, -0.2) is 10.9 Å². The van der Waals surface area contributed by atoms with E-state index in [9.17, 15) is 9.90 Å². The highest BCUT2D eigenvalue weighted by atomic mass is 32.1. The molecule has 0 spiro atoms. The van der Waals surface area contributed by atoms with Crippen LogP contribution in [0.5, 0.6) is 5.75 Å². The van der Waals surface area contributed by atoms with Gasteiger partial charge in [-0.05, 0) is 54.4 Å². The molecule has 22 heavy (non-hydrogen) atoms. The number of phenolic OH excluding ortho intramolecular Hbond substituents is 1. The van der Waals surface area contributed by atoms with Crippen molar-refractivity contribution in [2.75, 3.05) is 0 Å². The molecule has 1 aromatic heterocycles. The maximum absolute atomic E-state index is 12.4. The second-order valence-corrected chi connectivity index (χ2v) is 6.38. The molecule has 2 nitrogen and oxygen atoms in total.